The van der Waals surface area contributed by atoms with E-state index in [1.807, 2.05) is 0 Å². The standard InChI is InChI=1S/C15H13FO4/c1-19-14-7-2-10(15(17)18)8-11(14)9-20-13-5-3-12(16)4-6-13/h2-8H,9H2,1H3,(H,17,18). The Morgan fingerprint density at radius 1 is 1.20 bits per heavy atom. The second kappa shape index (κ2) is 6.06. The van der Waals surface area contributed by atoms with Gasteiger partial charge < -0.3 is 14.6 Å². The van der Waals surface area contributed by atoms with Crippen LogP contribution in [0.15, 0.2) is 42.5 Å². The highest BCUT2D eigenvalue weighted by Gasteiger charge is 2.09. The maximum Gasteiger partial charge on any atom is 0.335 e. The minimum Gasteiger partial charge on any atom is -0.496 e. The summed E-state index contributed by atoms with van der Waals surface area (Å²) >= 11 is 0. The number of hydrogen-bond acceptors (Lipinski definition) is 3. The van der Waals surface area contributed by atoms with Crippen molar-refractivity contribution in [2.24, 2.45) is 0 Å². The van der Waals surface area contributed by atoms with Crippen LogP contribution in [-0.4, -0.2) is 18.2 Å². The Kier molecular flexibility index (Phi) is 4.20. The van der Waals surface area contributed by atoms with Gasteiger partial charge >= 0.3 is 5.97 Å². The fourth-order valence-electron chi connectivity index (χ4n) is 1.72. The van der Waals surface area contributed by atoms with Crippen LogP contribution < -0.4 is 9.47 Å². The summed E-state index contributed by atoms with van der Waals surface area (Å²) in [6.07, 6.45) is 0. The van der Waals surface area contributed by atoms with Crippen LogP contribution in [0.1, 0.15) is 15.9 Å². The predicted octanol–water partition coefficient (Wildman–Crippen LogP) is 3.11. The SMILES string of the molecule is COc1ccc(C(=O)O)cc1COc1ccc(F)cc1. The van der Waals surface area contributed by atoms with Crippen LogP contribution in [0.5, 0.6) is 11.5 Å². The molecule has 0 aliphatic rings. The topological polar surface area (TPSA) is 55.8 Å². The van der Waals surface area contributed by atoms with Crippen LogP contribution in [0, 0.1) is 5.82 Å². The van der Waals surface area contributed by atoms with E-state index in [0.29, 0.717) is 17.1 Å². The normalized spacial score (nSPS) is 10.1. The molecule has 5 heteroatoms. The van der Waals surface area contributed by atoms with E-state index in [1.165, 1.54) is 43.5 Å². The highest BCUT2D eigenvalue weighted by atomic mass is 19.1. The lowest BCUT2D eigenvalue weighted by Gasteiger charge is -2.11. The molecular formula is C15H13FO4. The fourth-order valence-corrected chi connectivity index (χ4v) is 1.72. The summed E-state index contributed by atoms with van der Waals surface area (Å²) in [4.78, 5) is 10.9. The zero-order valence-electron chi connectivity index (χ0n) is 10.8. The number of carboxylic acids is 1. The third-order valence-corrected chi connectivity index (χ3v) is 2.74. The molecule has 4 nitrogen and oxygen atoms in total. The van der Waals surface area contributed by atoms with Crippen LogP contribution in [0.4, 0.5) is 4.39 Å². The van der Waals surface area contributed by atoms with Crippen LogP contribution in [0.25, 0.3) is 0 Å². The largest absolute Gasteiger partial charge is 0.496 e. The number of rotatable bonds is 5. The van der Waals surface area contributed by atoms with Crippen LogP contribution in [0.2, 0.25) is 0 Å². The third-order valence-electron chi connectivity index (χ3n) is 2.74. The summed E-state index contributed by atoms with van der Waals surface area (Å²) in [7, 11) is 1.50. The monoisotopic (exact) mass is 276 g/mol. The van der Waals surface area contributed by atoms with Gasteiger partial charge in [-0.1, -0.05) is 0 Å². The molecule has 20 heavy (non-hydrogen) atoms. The average Bonchev–Trinajstić information content (AvgIpc) is 2.46. The van der Waals surface area contributed by atoms with Crippen molar-refractivity contribution in [3.05, 3.63) is 59.4 Å². The van der Waals surface area contributed by atoms with Crippen LogP contribution in [-0.2, 0) is 6.61 Å². The molecule has 0 unspecified atom stereocenters. The first kappa shape index (κ1) is 13.9. The lowest BCUT2D eigenvalue weighted by molar-refractivity contribution is 0.0696. The minimum atomic E-state index is -1.02. The molecule has 0 heterocycles. The van der Waals surface area contributed by atoms with Gasteiger partial charge in [-0.15, -0.1) is 0 Å². The van der Waals surface area contributed by atoms with Gasteiger partial charge in [0, 0.05) is 5.56 Å². The first-order chi connectivity index (χ1) is 9.60. The molecule has 2 aromatic rings. The van der Waals surface area contributed by atoms with Crippen molar-refractivity contribution in [3.8, 4) is 11.5 Å². The van der Waals surface area contributed by atoms with Gasteiger partial charge in [-0.25, -0.2) is 9.18 Å². The van der Waals surface area contributed by atoms with Gasteiger partial charge in [0.05, 0.1) is 12.7 Å². The van der Waals surface area contributed by atoms with E-state index >= 15 is 0 Å². The van der Waals surface area contributed by atoms with Crippen molar-refractivity contribution in [2.45, 2.75) is 6.61 Å². The van der Waals surface area contributed by atoms with Crippen molar-refractivity contribution in [3.63, 3.8) is 0 Å². The first-order valence-corrected chi connectivity index (χ1v) is 5.88. The van der Waals surface area contributed by atoms with Crippen LogP contribution in [0.3, 0.4) is 0 Å². The number of hydrogen-bond donors (Lipinski definition) is 1. The molecule has 0 aromatic heterocycles. The van der Waals surface area contributed by atoms with Crippen molar-refractivity contribution >= 4 is 5.97 Å². The number of carbonyl (C=O) groups is 1. The molecule has 0 fully saturated rings. The van der Waals surface area contributed by atoms with Gasteiger partial charge in [-0.05, 0) is 42.5 Å². The predicted molar refractivity (Wildman–Crippen MR) is 70.7 cm³/mol. The summed E-state index contributed by atoms with van der Waals surface area (Å²) in [6, 6.07) is 10.1. The second-order valence-electron chi connectivity index (χ2n) is 4.07. The Morgan fingerprint density at radius 2 is 1.90 bits per heavy atom. The molecule has 2 rings (SSSR count). The quantitative estimate of drug-likeness (QED) is 0.911. The Labute approximate surface area is 115 Å². The molecule has 0 bridgehead atoms. The molecule has 0 atom stereocenters. The van der Waals surface area contributed by atoms with E-state index in [1.54, 1.807) is 6.07 Å². The maximum absolute atomic E-state index is 12.8. The Hall–Kier alpha value is -2.56. The van der Waals surface area contributed by atoms with Crippen molar-refractivity contribution in [2.75, 3.05) is 7.11 Å². The number of methoxy groups -OCH3 is 1. The van der Waals surface area contributed by atoms with E-state index in [0.717, 1.165) is 0 Å². The molecule has 0 aliphatic carbocycles. The number of carboxylic acid groups (broad SMARTS) is 1. The fraction of sp³-hybridized carbons (Fsp3) is 0.133. The molecule has 0 saturated heterocycles. The first-order valence-electron chi connectivity index (χ1n) is 5.88. The van der Waals surface area contributed by atoms with E-state index < -0.39 is 5.97 Å². The highest BCUT2D eigenvalue weighted by molar-refractivity contribution is 5.88. The summed E-state index contributed by atoms with van der Waals surface area (Å²) in [6.45, 7) is 0.135. The summed E-state index contributed by atoms with van der Waals surface area (Å²) in [5.74, 6) is -0.329. The number of aromatic carboxylic acids is 1. The molecule has 2 aromatic carbocycles. The molecular weight excluding hydrogens is 263 g/mol. The van der Waals surface area contributed by atoms with E-state index in [4.69, 9.17) is 14.6 Å². The van der Waals surface area contributed by atoms with E-state index in [9.17, 15) is 9.18 Å². The smallest absolute Gasteiger partial charge is 0.335 e. The molecule has 1 N–H and O–H groups in total. The van der Waals surface area contributed by atoms with Gasteiger partial charge in [0.1, 0.15) is 23.9 Å². The van der Waals surface area contributed by atoms with Crippen LogP contribution >= 0.6 is 0 Å². The number of ether oxygens (including phenoxy) is 2. The van der Waals surface area contributed by atoms with Crippen molar-refractivity contribution in [1.29, 1.82) is 0 Å². The van der Waals surface area contributed by atoms with Gasteiger partial charge in [0.2, 0.25) is 0 Å². The number of benzene rings is 2. The molecule has 0 amide bonds. The Morgan fingerprint density at radius 3 is 2.50 bits per heavy atom. The average molecular weight is 276 g/mol. The lowest BCUT2D eigenvalue weighted by Crippen LogP contribution is -2.03. The second-order valence-corrected chi connectivity index (χ2v) is 4.07. The molecule has 0 radical (unpaired) electrons. The third kappa shape index (κ3) is 3.26. The zero-order valence-corrected chi connectivity index (χ0v) is 10.8. The summed E-state index contributed by atoms with van der Waals surface area (Å²) < 4.78 is 23.4. The minimum absolute atomic E-state index is 0.135. The zero-order chi connectivity index (χ0) is 14.5. The van der Waals surface area contributed by atoms with Crippen molar-refractivity contribution < 1.29 is 23.8 Å². The molecule has 0 aliphatic heterocycles. The molecule has 104 valence electrons. The lowest BCUT2D eigenvalue weighted by atomic mass is 10.1. The Balaban J connectivity index is 2.16. The van der Waals surface area contributed by atoms with Gasteiger partial charge in [-0.2, -0.15) is 0 Å². The summed E-state index contributed by atoms with van der Waals surface area (Å²) in [5.41, 5.74) is 0.764. The van der Waals surface area contributed by atoms with Crippen molar-refractivity contribution in [1.82, 2.24) is 0 Å². The van der Waals surface area contributed by atoms with Gasteiger partial charge in [0.15, 0.2) is 0 Å². The van der Waals surface area contributed by atoms with Gasteiger partial charge in [-0.3, -0.25) is 0 Å². The highest BCUT2D eigenvalue weighted by Crippen LogP contribution is 2.22. The van der Waals surface area contributed by atoms with E-state index in [2.05, 4.69) is 0 Å². The maximum atomic E-state index is 12.8. The number of halogens is 1. The van der Waals surface area contributed by atoms with E-state index in [-0.39, 0.29) is 18.0 Å². The van der Waals surface area contributed by atoms with Gasteiger partial charge in [0.25, 0.3) is 0 Å². The molecule has 0 spiro atoms. The molecule has 0 saturated carbocycles. The summed E-state index contributed by atoms with van der Waals surface area (Å²) in [5, 5.41) is 8.97. The Bertz CT molecular complexity index is 608.